The summed E-state index contributed by atoms with van der Waals surface area (Å²) in [6.45, 7) is 1.45. The van der Waals surface area contributed by atoms with Gasteiger partial charge >= 0.3 is 0 Å². The predicted molar refractivity (Wildman–Crippen MR) is 70.4 cm³/mol. The molecule has 1 aliphatic rings. The molecule has 0 unspecified atom stereocenters. The van der Waals surface area contributed by atoms with Crippen LogP contribution in [0.25, 0.3) is 10.6 Å². The quantitative estimate of drug-likeness (QED) is 0.871. The van der Waals surface area contributed by atoms with Crippen LogP contribution in [0.1, 0.15) is 23.4 Å². The highest BCUT2D eigenvalue weighted by Crippen LogP contribution is 2.29. The van der Waals surface area contributed by atoms with Gasteiger partial charge < -0.3 is 14.5 Å². The van der Waals surface area contributed by atoms with E-state index in [1.165, 1.54) is 17.7 Å². The number of nitrogens with zero attached hydrogens (tertiary/aromatic N) is 1. The van der Waals surface area contributed by atoms with Gasteiger partial charge in [0, 0.05) is 30.1 Å². The Labute approximate surface area is 110 Å². The van der Waals surface area contributed by atoms with Crippen molar-refractivity contribution in [1.82, 2.24) is 10.3 Å². The van der Waals surface area contributed by atoms with Crippen LogP contribution in [0.3, 0.4) is 0 Å². The van der Waals surface area contributed by atoms with E-state index in [2.05, 4.69) is 10.3 Å². The van der Waals surface area contributed by atoms with Gasteiger partial charge in [-0.15, -0.1) is 11.3 Å². The predicted octanol–water partition coefficient (Wildman–Crippen LogP) is 2.80. The van der Waals surface area contributed by atoms with Crippen molar-refractivity contribution in [1.29, 1.82) is 0 Å². The number of nitrogens with one attached hydrogen (secondary N) is 1. The first kappa shape index (κ1) is 11.9. The van der Waals surface area contributed by atoms with Gasteiger partial charge in [0.15, 0.2) is 0 Å². The Kier molecular flexibility index (Phi) is 3.45. The average Bonchev–Trinajstić information content (AvgIpc) is 2.90. The zero-order valence-electron chi connectivity index (χ0n) is 10.3. The van der Waals surface area contributed by atoms with E-state index >= 15 is 0 Å². The molecule has 1 aliphatic carbocycles. The summed E-state index contributed by atoms with van der Waals surface area (Å²) < 4.78 is 10.3. The van der Waals surface area contributed by atoms with E-state index in [0.717, 1.165) is 22.8 Å². The molecule has 18 heavy (non-hydrogen) atoms. The number of thiazole rings is 1. The highest BCUT2D eigenvalue weighted by atomic mass is 32.1. The molecule has 0 radical (unpaired) electrons. The highest BCUT2D eigenvalue weighted by Gasteiger charge is 2.21. The van der Waals surface area contributed by atoms with Gasteiger partial charge in [-0.3, -0.25) is 0 Å². The van der Waals surface area contributed by atoms with E-state index in [9.17, 15) is 0 Å². The molecule has 0 aromatic carbocycles. The number of aromatic nitrogens is 1. The summed E-state index contributed by atoms with van der Waals surface area (Å²) >= 11 is 1.71. The monoisotopic (exact) mass is 264 g/mol. The fourth-order valence-corrected chi connectivity index (χ4v) is 2.81. The largest absolute Gasteiger partial charge is 0.472 e. The van der Waals surface area contributed by atoms with E-state index < -0.39 is 0 Å². The molecule has 0 aliphatic heterocycles. The van der Waals surface area contributed by atoms with Crippen LogP contribution < -0.4 is 5.32 Å². The van der Waals surface area contributed by atoms with Crippen LogP contribution in [0.4, 0.5) is 0 Å². The van der Waals surface area contributed by atoms with Crippen molar-refractivity contribution in [3.8, 4) is 10.6 Å². The Hall–Kier alpha value is -1.17. The van der Waals surface area contributed by atoms with E-state index in [1.54, 1.807) is 31.0 Å². The molecule has 96 valence electrons. The fraction of sp³-hybridized carbons (Fsp3) is 0.462. The maximum Gasteiger partial charge on any atom is 0.127 e. The van der Waals surface area contributed by atoms with Gasteiger partial charge in [0.2, 0.25) is 0 Å². The first-order chi connectivity index (χ1) is 8.86. The summed E-state index contributed by atoms with van der Waals surface area (Å²) in [6, 6.07) is 2.65. The molecular formula is C13H16N2O2S. The minimum Gasteiger partial charge on any atom is -0.472 e. The number of rotatable bonds is 6. The van der Waals surface area contributed by atoms with Crippen LogP contribution in [0.2, 0.25) is 0 Å². The topological polar surface area (TPSA) is 47.3 Å². The molecule has 4 nitrogen and oxygen atoms in total. The molecule has 0 saturated heterocycles. The van der Waals surface area contributed by atoms with E-state index in [1.807, 2.05) is 6.07 Å². The third kappa shape index (κ3) is 2.63. The molecule has 3 rings (SSSR count). The van der Waals surface area contributed by atoms with Crippen molar-refractivity contribution in [2.75, 3.05) is 7.11 Å². The standard InChI is InChI=1S/C13H16N2O2S/c1-16-8-11-12(6-14-10-2-3-10)18-13(15-11)9-4-5-17-7-9/h4-5,7,10,14H,2-3,6,8H2,1H3. The summed E-state index contributed by atoms with van der Waals surface area (Å²) in [5.74, 6) is 0. The third-order valence-corrected chi connectivity index (χ3v) is 4.10. The molecule has 0 atom stereocenters. The van der Waals surface area contributed by atoms with E-state index in [0.29, 0.717) is 12.6 Å². The van der Waals surface area contributed by atoms with E-state index in [4.69, 9.17) is 9.15 Å². The van der Waals surface area contributed by atoms with Crippen LogP contribution in [-0.4, -0.2) is 18.1 Å². The van der Waals surface area contributed by atoms with Crippen LogP contribution in [0.15, 0.2) is 23.0 Å². The zero-order valence-corrected chi connectivity index (χ0v) is 11.1. The Bertz CT molecular complexity index is 503. The normalized spacial score (nSPS) is 15.2. The number of hydrogen-bond acceptors (Lipinski definition) is 5. The Morgan fingerprint density at radius 3 is 3.11 bits per heavy atom. The molecule has 2 aromatic rings. The molecule has 2 aromatic heterocycles. The number of hydrogen-bond donors (Lipinski definition) is 1. The SMILES string of the molecule is COCc1nc(-c2ccoc2)sc1CNC1CC1. The summed E-state index contributed by atoms with van der Waals surface area (Å²) in [5.41, 5.74) is 2.07. The Morgan fingerprint density at radius 1 is 1.56 bits per heavy atom. The first-order valence-corrected chi connectivity index (χ1v) is 6.92. The summed E-state index contributed by atoms with van der Waals surface area (Å²) in [4.78, 5) is 5.90. The number of methoxy groups -OCH3 is 1. The molecule has 1 N–H and O–H groups in total. The molecule has 1 fully saturated rings. The van der Waals surface area contributed by atoms with Gasteiger partial charge in [0.1, 0.15) is 11.3 Å². The second-order valence-electron chi connectivity index (χ2n) is 4.49. The number of ether oxygens (including phenoxy) is 1. The van der Waals surface area contributed by atoms with Gasteiger partial charge in [-0.05, 0) is 18.9 Å². The average molecular weight is 264 g/mol. The summed E-state index contributed by atoms with van der Waals surface area (Å²) in [6.07, 6.45) is 6.00. The van der Waals surface area contributed by atoms with Crippen molar-refractivity contribution in [3.63, 3.8) is 0 Å². The maximum absolute atomic E-state index is 5.21. The Balaban J connectivity index is 1.80. The highest BCUT2D eigenvalue weighted by molar-refractivity contribution is 7.15. The van der Waals surface area contributed by atoms with Crippen molar-refractivity contribution in [2.24, 2.45) is 0 Å². The minimum absolute atomic E-state index is 0.566. The first-order valence-electron chi connectivity index (χ1n) is 6.10. The minimum atomic E-state index is 0.566. The lowest BCUT2D eigenvalue weighted by atomic mass is 10.3. The molecular weight excluding hydrogens is 248 g/mol. The molecule has 0 bridgehead atoms. The molecule has 0 spiro atoms. The molecule has 2 heterocycles. The summed E-state index contributed by atoms with van der Waals surface area (Å²) in [7, 11) is 1.70. The fourth-order valence-electron chi connectivity index (χ4n) is 1.81. The second kappa shape index (κ2) is 5.22. The van der Waals surface area contributed by atoms with Gasteiger partial charge in [-0.1, -0.05) is 0 Å². The smallest absolute Gasteiger partial charge is 0.127 e. The Morgan fingerprint density at radius 2 is 2.44 bits per heavy atom. The zero-order chi connectivity index (χ0) is 12.4. The van der Waals surface area contributed by atoms with Crippen molar-refractivity contribution < 1.29 is 9.15 Å². The lowest BCUT2D eigenvalue weighted by Gasteiger charge is -2.02. The lowest BCUT2D eigenvalue weighted by molar-refractivity contribution is 0.181. The van der Waals surface area contributed by atoms with Crippen LogP contribution >= 0.6 is 11.3 Å². The maximum atomic E-state index is 5.21. The molecule has 0 amide bonds. The van der Waals surface area contributed by atoms with Gasteiger partial charge in [0.05, 0.1) is 18.6 Å². The van der Waals surface area contributed by atoms with Crippen LogP contribution in [0.5, 0.6) is 0 Å². The van der Waals surface area contributed by atoms with Crippen LogP contribution in [0, 0.1) is 0 Å². The van der Waals surface area contributed by atoms with Gasteiger partial charge in [-0.2, -0.15) is 0 Å². The number of furan rings is 1. The summed E-state index contributed by atoms with van der Waals surface area (Å²) in [5, 5.41) is 4.52. The van der Waals surface area contributed by atoms with E-state index in [-0.39, 0.29) is 0 Å². The van der Waals surface area contributed by atoms with Crippen LogP contribution in [-0.2, 0) is 17.9 Å². The second-order valence-corrected chi connectivity index (χ2v) is 5.57. The lowest BCUT2D eigenvalue weighted by Crippen LogP contribution is -2.15. The third-order valence-electron chi connectivity index (χ3n) is 2.96. The van der Waals surface area contributed by atoms with Crippen molar-refractivity contribution in [2.45, 2.75) is 32.0 Å². The molecule has 5 heteroatoms. The van der Waals surface area contributed by atoms with Crippen molar-refractivity contribution in [3.05, 3.63) is 29.2 Å². The molecule has 1 saturated carbocycles. The van der Waals surface area contributed by atoms with Gasteiger partial charge in [-0.25, -0.2) is 4.98 Å². The van der Waals surface area contributed by atoms with Crippen molar-refractivity contribution >= 4 is 11.3 Å². The van der Waals surface area contributed by atoms with Gasteiger partial charge in [0.25, 0.3) is 0 Å².